The van der Waals surface area contributed by atoms with Gasteiger partial charge < -0.3 is 16.0 Å². The molecule has 0 saturated heterocycles. The Kier molecular flexibility index (Phi) is 3.28. The number of rotatable bonds is 4. The van der Waals surface area contributed by atoms with Crippen LogP contribution < -0.4 is 11.1 Å². The minimum atomic E-state index is -0.0351. The summed E-state index contributed by atoms with van der Waals surface area (Å²) in [6.45, 7) is 0.869. The van der Waals surface area contributed by atoms with Crippen LogP contribution in [0.25, 0.3) is 0 Å². The van der Waals surface area contributed by atoms with Crippen LogP contribution >= 0.6 is 0 Å². The van der Waals surface area contributed by atoms with E-state index in [0.29, 0.717) is 19.5 Å². The van der Waals surface area contributed by atoms with Crippen molar-refractivity contribution in [3.05, 3.63) is 18.2 Å². The number of nitrogens with two attached hydrogens (primary N) is 1. The summed E-state index contributed by atoms with van der Waals surface area (Å²) in [4.78, 5) is 17.6. The number of aromatic amines is 1. The van der Waals surface area contributed by atoms with Crippen molar-refractivity contribution in [2.24, 2.45) is 5.73 Å². The molecule has 1 amide bonds. The average Bonchev–Trinajstić information content (AvgIpc) is 2.53. The van der Waals surface area contributed by atoms with Crippen molar-refractivity contribution in [1.82, 2.24) is 15.3 Å². The third kappa shape index (κ3) is 2.71. The maximum Gasteiger partial charge on any atom is 0.221 e. The van der Waals surface area contributed by atoms with Gasteiger partial charge in [-0.1, -0.05) is 0 Å². The number of aromatic nitrogens is 2. The van der Waals surface area contributed by atoms with Crippen molar-refractivity contribution < 1.29 is 4.79 Å². The van der Waals surface area contributed by atoms with Gasteiger partial charge in [-0.25, -0.2) is 4.98 Å². The van der Waals surface area contributed by atoms with Gasteiger partial charge in [0.05, 0.1) is 18.6 Å². The lowest BCUT2D eigenvalue weighted by molar-refractivity contribution is -0.121. The number of hydrogen-bond donors (Lipinski definition) is 3. The Morgan fingerprint density at radius 2 is 2.58 bits per heavy atom. The largest absolute Gasteiger partial charge is 0.350 e. The fourth-order valence-electron chi connectivity index (χ4n) is 0.795. The minimum Gasteiger partial charge on any atom is -0.350 e. The van der Waals surface area contributed by atoms with E-state index in [4.69, 9.17) is 5.73 Å². The summed E-state index contributed by atoms with van der Waals surface area (Å²) in [5.74, 6) is -0.0351. The molecule has 0 bridgehead atoms. The second-order valence-electron chi connectivity index (χ2n) is 2.39. The van der Waals surface area contributed by atoms with Crippen LogP contribution in [0.1, 0.15) is 12.1 Å². The number of amides is 1. The first-order valence-electron chi connectivity index (χ1n) is 3.77. The quantitative estimate of drug-likeness (QED) is 0.560. The molecule has 0 atom stereocenters. The van der Waals surface area contributed by atoms with Gasteiger partial charge in [-0.3, -0.25) is 4.79 Å². The molecule has 0 aliphatic rings. The Balaban J connectivity index is 2.22. The van der Waals surface area contributed by atoms with Crippen LogP contribution in [0.15, 0.2) is 12.5 Å². The minimum absolute atomic E-state index is 0.0351. The van der Waals surface area contributed by atoms with Crippen LogP contribution in [0, 0.1) is 0 Å². The van der Waals surface area contributed by atoms with Gasteiger partial charge in [-0.2, -0.15) is 0 Å². The van der Waals surface area contributed by atoms with Crippen molar-refractivity contribution in [2.75, 3.05) is 6.54 Å². The molecule has 0 aliphatic heterocycles. The highest BCUT2D eigenvalue weighted by Gasteiger charge is 1.98. The van der Waals surface area contributed by atoms with E-state index in [1.165, 1.54) is 0 Å². The zero-order valence-electron chi connectivity index (χ0n) is 6.71. The average molecular weight is 168 g/mol. The smallest absolute Gasteiger partial charge is 0.221 e. The van der Waals surface area contributed by atoms with E-state index in [2.05, 4.69) is 15.3 Å². The second-order valence-corrected chi connectivity index (χ2v) is 2.39. The maximum atomic E-state index is 10.9. The number of nitrogens with one attached hydrogen (secondary N) is 2. The molecular formula is C7H12N4O. The molecular weight excluding hydrogens is 156 g/mol. The van der Waals surface area contributed by atoms with Crippen LogP contribution in [0.2, 0.25) is 0 Å². The molecule has 0 spiro atoms. The number of hydrogen-bond acceptors (Lipinski definition) is 3. The molecule has 1 aromatic heterocycles. The van der Waals surface area contributed by atoms with Crippen molar-refractivity contribution in [3.8, 4) is 0 Å². The van der Waals surface area contributed by atoms with Crippen LogP contribution in [0.4, 0.5) is 0 Å². The van der Waals surface area contributed by atoms with Gasteiger partial charge in [0.1, 0.15) is 0 Å². The summed E-state index contributed by atoms with van der Waals surface area (Å²) in [7, 11) is 0. The molecule has 4 N–H and O–H groups in total. The first kappa shape index (κ1) is 8.73. The molecule has 1 heterocycles. The van der Waals surface area contributed by atoms with E-state index < -0.39 is 0 Å². The van der Waals surface area contributed by atoms with E-state index in [1.807, 2.05) is 0 Å². The van der Waals surface area contributed by atoms with E-state index >= 15 is 0 Å². The lowest BCUT2D eigenvalue weighted by Crippen LogP contribution is -2.25. The van der Waals surface area contributed by atoms with Crippen LogP contribution in [-0.2, 0) is 11.3 Å². The van der Waals surface area contributed by atoms with Gasteiger partial charge in [0.25, 0.3) is 0 Å². The number of nitrogens with zero attached hydrogens (tertiary/aromatic N) is 1. The Hall–Kier alpha value is -1.36. The summed E-state index contributed by atoms with van der Waals surface area (Å²) < 4.78 is 0. The monoisotopic (exact) mass is 168 g/mol. The Labute approximate surface area is 70.4 Å². The van der Waals surface area contributed by atoms with Gasteiger partial charge in [-0.05, 0) is 0 Å². The topological polar surface area (TPSA) is 83.8 Å². The molecule has 5 heteroatoms. The van der Waals surface area contributed by atoms with Crippen molar-refractivity contribution in [2.45, 2.75) is 13.0 Å². The Morgan fingerprint density at radius 3 is 3.17 bits per heavy atom. The molecule has 1 rings (SSSR count). The highest BCUT2D eigenvalue weighted by Crippen LogP contribution is 1.89. The van der Waals surface area contributed by atoms with E-state index in [-0.39, 0.29) is 5.91 Å². The fourth-order valence-corrected chi connectivity index (χ4v) is 0.795. The third-order valence-corrected chi connectivity index (χ3v) is 1.40. The molecule has 0 radical (unpaired) electrons. The fraction of sp³-hybridized carbons (Fsp3) is 0.429. The van der Waals surface area contributed by atoms with Gasteiger partial charge >= 0.3 is 0 Å². The predicted octanol–water partition coefficient (Wildman–Crippen LogP) is -0.625. The van der Waals surface area contributed by atoms with E-state index in [0.717, 1.165) is 5.69 Å². The van der Waals surface area contributed by atoms with Gasteiger partial charge in [0, 0.05) is 19.2 Å². The summed E-state index contributed by atoms with van der Waals surface area (Å²) in [5.41, 5.74) is 6.09. The summed E-state index contributed by atoms with van der Waals surface area (Å²) in [6.07, 6.45) is 3.61. The summed E-state index contributed by atoms with van der Waals surface area (Å²) in [6, 6.07) is 0. The second kappa shape index (κ2) is 4.50. The molecule has 5 nitrogen and oxygen atoms in total. The molecule has 0 fully saturated rings. The standard InChI is InChI=1S/C7H12N4O/c8-2-1-7(12)10-4-6-3-9-5-11-6/h3,5H,1-2,4,8H2,(H,9,11)(H,10,12). The van der Waals surface area contributed by atoms with Crippen LogP contribution in [0.5, 0.6) is 0 Å². The highest BCUT2D eigenvalue weighted by atomic mass is 16.1. The molecule has 0 aliphatic carbocycles. The maximum absolute atomic E-state index is 10.9. The van der Waals surface area contributed by atoms with Crippen molar-refractivity contribution >= 4 is 5.91 Å². The number of imidazole rings is 1. The first-order valence-corrected chi connectivity index (χ1v) is 3.77. The predicted molar refractivity (Wildman–Crippen MR) is 44.1 cm³/mol. The molecule has 1 aromatic rings. The van der Waals surface area contributed by atoms with Crippen LogP contribution in [-0.4, -0.2) is 22.4 Å². The van der Waals surface area contributed by atoms with Crippen molar-refractivity contribution in [3.63, 3.8) is 0 Å². The highest BCUT2D eigenvalue weighted by molar-refractivity contribution is 5.75. The Morgan fingerprint density at radius 1 is 1.75 bits per heavy atom. The SMILES string of the molecule is NCCC(=O)NCc1cnc[nH]1. The zero-order chi connectivity index (χ0) is 8.81. The van der Waals surface area contributed by atoms with E-state index in [1.54, 1.807) is 12.5 Å². The molecule has 0 unspecified atom stereocenters. The van der Waals surface area contributed by atoms with Crippen molar-refractivity contribution in [1.29, 1.82) is 0 Å². The molecule has 0 aromatic carbocycles. The van der Waals surface area contributed by atoms with Gasteiger partial charge in [-0.15, -0.1) is 0 Å². The zero-order valence-corrected chi connectivity index (χ0v) is 6.71. The van der Waals surface area contributed by atoms with Crippen LogP contribution in [0.3, 0.4) is 0 Å². The Bertz CT molecular complexity index is 232. The first-order chi connectivity index (χ1) is 5.83. The van der Waals surface area contributed by atoms with Gasteiger partial charge in [0.15, 0.2) is 0 Å². The number of carbonyl (C=O) groups is 1. The number of H-pyrrole nitrogens is 1. The van der Waals surface area contributed by atoms with E-state index in [9.17, 15) is 4.79 Å². The third-order valence-electron chi connectivity index (χ3n) is 1.40. The lowest BCUT2D eigenvalue weighted by Gasteiger charge is -2.00. The normalized spacial score (nSPS) is 9.75. The number of carbonyl (C=O) groups excluding carboxylic acids is 1. The summed E-state index contributed by atoms with van der Waals surface area (Å²) >= 11 is 0. The molecule has 66 valence electrons. The molecule has 12 heavy (non-hydrogen) atoms. The van der Waals surface area contributed by atoms with Gasteiger partial charge in [0.2, 0.25) is 5.91 Å². The lowest BCUT2D eigenvalue weighted by atomic mass is 10.4. The summed E-state index contributed by atoms with van der Waals surface area (Å²) in [5, 5.41) is 2.70. The molecule has 0 saturated carbocycles.